The Morgan fingerprint density at radius 3 is 2.50 bits per heavy atom. The van der Waals surface area contributed by atoms with Gasteiger partial charge in [0.1, 0.15) is 6.04 Å². The van der Waals surface area contributed by atoms with Crippen LogP contribution in [0.5, 0.6) is 0 Å². The van der Waals surface area contributed by atoms with E-state index in [2.05, 4.69) is 10.6 Å². The first-order chi connectivity index (χ1) is 12.3. The molecule has 2 rings (SSSR count). The molecule has 4 N–H and O–H groups in total. The summed E-state index contributed by atoms with van der Waals surface area (Å²) < 4.78 is 0. The summed E-state index contributed by atoms with van der Waals surface area (Å²) in [5, 5.41) is 7.92. The van der Waals surface area contributed by atoms with E-state index in [0.717, 1.165) is 16.7 Å². The lowest BCUT2D eigenvalue weighted by atomic mass is 10.1. The van der Waals surface area contributed by atoms with E-state index >= 15 is 0 Å². The van der Waals surface area contributed by atoms with Gasteiger partial charge in [-0.05, 0) is 44.5 Å². The fraction of sp³-hybridized carbons (Fsp3) is 0.263. The van der Waals surface area contributed by atoms with Crippen LogP contribution in [0.4, 0.5) is 10.5 Å². The Balaban J connectivity index is 1.85. The third-order valence-electron chi connectivity index (χ3n) is 3.99. The number of anilines is 1. The molecule has 1 atom stereocenters. The maximum Gasteiger partial charge on any atom is 0.326 e. The number of carbonyl (C=O) groups excluding carboxylic acids is 2. The van der Waals surface area contributed by atoms with Crippen LogP contribution in [0.2, 0.25) is 10.0 Å². The van der Waals surface area contributed by atoms with Crippen LogP contribution in [0.3, 0.4) is 0 Å². The van der Waals surface area contributed by atoms with Gasteiger partial charge in [-0.3, -0.25) is 10.1 Å². The molecule has 0 aromatic heterocycles. The zero-order chi connectivity index (χ0) is 19.3. The molecule has 2 aromatic rings. The van der Waals surface area contributed by atoms with Crippen LogP contribution in [0.1, 0.15) is 29.7 Å². The molecule has 0 radical (unpaired) electrons. The number of amides is 3. The maximum atomic E-state index is 12.0. The SMILES string of the molecule is Cc1ccc(NC(=O)NC(=O)C[NH2+][C@H](C)c2ccc(Cl)cc2Cl)c(C)c1. The molecule has 0 fully saturated rings. The van der Waals surface area contributed by atoms with Crippen LogP contribution in [0.25, 0.3) is 0 Å². The normalized spacial score (nSPS) is 11.7. The lowest BCUT2D eigenvalue weighted by molar-refractivity contribution is -0.682. The van der Waals surface area contributed by atoms with Gasteiger partial charge in [-0.1, -0.05) is 47.0 Å². The topological polar surface area (TPSA) is 74.8 Å². The van der Waals surface area contributed by atoms with Crippen LogP contribution in [0.15, 0.2) is 36.4 Å². The van der Waals surface area contributed by atoms with Crippen LogP contribution < -0.4 is 16.0 Å². The van der Waals surface area contributed by atoms with Crippen molar-refractivity contribution in [2.24, 2.45) is 0 Å². The number of carbonyl (C=O) groups is 2. The predicted molar refractivity (Wildman–Crippen MR) is 105 cm³/mol. The van der Waals surface area contributed by atoms with Gasteiger partial charge in [-0.25, -0.2) is 4.79 Å². The van der Waals surface area contributed by atoms with E-state index < -0.39 is 6.03 Å². The molecule has 7 heteroatoms. The Morgan fingerprint density at radius 1 is 1.12 bits per heavy atom. The van der Waals surface area contributed by atoms with E-state index in [9.17, 15) is 9.59 Å². The highest BCUT2D eigenvalue weighted by Crippen LogP contribution is 2.24. The van der Waals surface area contributed by atoms with Gasteiger partial charge in [-0.15, -0.1) is 0 Å². The predicted octanol–water partition coefficient (Wildman–Crippen LogP) is 3.58. The minimum Gasteiger partial charge on any atom is -0.332 e. The van der Waals surface area contributed by atoms with Crippen molar-refractivity contribution in [1.29, 1.82) is 0 Å². The average molecular weight is 395 g/mol. The highest BCUT2D eigenvalue weighted by Gasteiger charge is 2.16. The molecule has 0 unspecified atom stereocenters. The van der Waals surface area contributed by atoms with Crippen LogP contribution in [0, 0.1) is 13.8 Å². The quantitative estimate of drug-likeness (QED) is 0.724. The smallest absolute Gasteiger partial charge is 0.326 e. The number of urea groups is 1. The van der Waals surface area contributed by atoms with Crippen molar-refractivity contribution >= 4 is 40.8 Å². The molecule has 0 bridgehead atoms. The molecule has 5 nitrogen and oxygen atoms in total. The molecular weight excluding hydrogens is 373 g/mol. The lowest BCUT2D eigenvalue weighted by Gasteiger charge is -2.13. The first-order valence-electron chi connectivity index (χ1n) is 8.22. The van der Waals surface area contributed by atoms with E-state index in [1.807, 2.05) is 45.0 Å². The van der Waals surface area contributed by atoms with Crippen molar-refractivity contribution in [3.8, 4) is 0 Å². The summed E-state index contributed by atoms with van der Waals surface area (Å²) in [6.07, 6.45) is 0. The van der Waals surface area contributed by atoms with Crippen molar-refractivity contribution in [2.45, 2.75) is 26.8 Å². The third kappa shape index (κ3) is 5.73. The Morgan fingerprint density at radius 2 is 1.85 bits per heavy atom. The minimum atomic E-state index is -0.549. The van der Waals surface area contributed by atoms with E-state index in [1.165, 1.54) is 0 Å². The van der Waals surface area contributed by atoms with Gasteiger partial charge >= 0.3 is 6.03 Å². The zero-order valence-corrected chi connectivity index (χ0v) is 16.4. The van der Waals surface area contributed by atoms with Gasteiger partial charge in [0.25, 0.3) is 5.91 Å². The second-order valence-corrected chi connectivity index (χ2v) is 7.06. The largest absolute Gasteiger partial charge is 0.332 e. The third-order valence-corrected chi connectivity index (χ3v) is 4.56. The molecule has 0 spiro atoms. The Bertz CT molecular complexity index is 824. The Kier molecular flexibility index (Phi) is 7.03. The highest BCUT2D eigenvalue weighted by atomic mass is 35.5. The lowest BCUT2D eigenvalue weighted by Crippen LogP contribution is -2.87. The number of quaternary nitrogens is 1. The Labute approximate surface area is 163 Å². The molecule has 3 amide bonds. The maximum absolute atomic E-state index is 12.0. The van der Waals surface area contributed by atoms with E-state index in [1.54, 1.807) is 17.4 Å². The molecule has 26 heavy (non-hydrogen) atoms. The first kappa shape index (κ1) is 20.2. The number of rotatable bonds is 5. The summed E-state index contributed by atoms with van der Waals surface area (Å²) in [4.78, 5) is 24.0. The van der Waals surface area contributed by atoms with Gasteiger partial charge in [0, 0.05) is 16.3 Å². The average Bonchev–Trinajstić information content (AvgIpc) is 2.55. The van der Waals surface area contributed by atoms with Gasteiger partial charge in [0.05, 0.1) is 5.02 Å². The van der Waals surface area contributed by atoms with Gasteiger partial charge in [-0.2, -0.15) is 0 Å². The van der Waals surface area contributed by atoms with Crippen LogP contribution >= 0.6 is 23.2 Å². The van der Waals surface area contributed by atoms with E-state index in [-0.39, 0.29) is 18.5 Å². The summed E-state index contributed by atoms with van der Waals surface area (Å²) in [6, 6.07) is 10.3. The van der Waals surface area contributed by atoms with Crippen molar-refractivity contribution in [3.05, 3.63) is 63.1 Å². The summed E-state index contributed by atoms with van der Waals surface area (Å²) in [7, 11) is 0. The molecule has 138 valence electrons. The number of halogens is 2. The standard InChI is InChI=1S/C19H21Cl2N3O2/c1-11-4-7-17(12(2)8-11)23-19(26)24-18(25)10-22-13(3)15-6-5-14(20)9-16(15)21/h4-9,13,22H,10H2,1-3H3,(H2,23,24,25,26)/p+1/t13-/m1/s1. The summed E-state index contributed by atoms with van der Waals surface area (Å²) in [5.41, 5.74) is 3.59. The summed E-state index contributed by atoms with van der Waals surface area (Å²) in [5.74, 6) is -0.385. The molecule has 0 aliphatic rings. The van der Waals surface area contributed by atoms with Gasteiger partial charge in [0.2, 0.25) is 0 Å². The van der Waals surface area contributed by atoms with Gasteiger partial charge in [0.15, 0.2) is 6.54 Å². The molecule has 2 aromatic carbocycles. The molecule has 0 heterocycles. The number of hydrogen-bond donors (Lipinski definition) is 3. The molecular formula is C19H22Cl2N3O2+. The molecule has 0 saturated heterocycles. The van der Waals surface area contributed by atoms with Crippen molar-refractivity contribution in [1.82, 2.24) is 5.32 Å². The van der Waals surface area contributed by atoms with Crippen molar-refractivity contribution in [3.63, 3.8) is 0 Å². The molecule has 0 aliphatic carbocycles. The first-order valence-corrected chi connectivity index (χ1v) is 8.98. The fourth-order valence-corrected chi connectivity index (χ4v) is 3.15. The highest BCUT2D eigenvalue weighted by molar-refractivity contribution is 6.35. The number of nitrogens with one attached hydrogen (secondary N) is 2. The second kappa shape index (κ2) is 9.03. The van der Waals surface area contributed by atoms with Crippen LogP contribution in [-0.2, 0) is 4.79 Å². The minimum absolute atomic E-state index is 0.0482. The van der Waals surface area contributed by atoms with Crippen molar-refractivity contribution < 1.29 is 14.9 Å². The van der Waals surface area contributed by atoms with E-state index in [0.29, 0.717) is 15.7 Å². The summed E-state index contributed by atoms with van der Waals surface area (Å²) in [6.45, 7) is 5.90. The Hall–Kier alpha value is -2.08. The fourth-order valence-electron chi connectivity index (χ4n) is 2.57. The monoisotopic (exact) mass is 394 g/mol. The molecule has 0 saturated carbocycles. The van der Waals surface area contributed by atoms with Crippen LogP contribution in [-0.4, -0.2) is 18.5 Å². The van der Waals surface area contributed by atoms with Gasteiger partial charge < -0.3 is 10.6 Å². The summed E-state index contributed by atoms with van der Waals surface area (Å²) >= 11 is 12.1. The number of aryl methyl sites for hydroxylation is 2. The second-order valence-electron chi connectivity index (χ2n) is 6.22. The number of hydrogen-bond acceptors (Lipinski definition) is 2. The van der Waals surface area contributed by atoms with E-state index in [4.69, 9.17) is 23.2 Å². The number of benzene rings is 2. The molecule has 0 aliphatic heterocycles. The number of imide groups is 1. The zero-order valence-electron chi connectivity index (χ0n) is 14.9. The number of nitrogens with two attached hydrogens (primary N) is 1. The van der Waals surface area contributed by atoms with Crippen molar-refractivity contribution in [2.75, 3.05) is 11.9 Å².